The van der Waals surface area contributed by atoms with Crippen molar-refractivity contribution >= 4 is 70.2 Å². The second-order valence-electron chi connectivity index (χ2n) is 7.50. The van der Waals surface area contributed by atoms with Crippen LogP contribution in [0, 0.1) is 4.91 Å². The predicted octanol–water partition coefficient (Wildman–Crippen LogP) is 1.61. The van der Waals surface area contributed by atoms with E-state index < -0.39 is 35.2 Å². The number of carbonyl (C=O) groups excluding carboxylic acids is 2. The maximum atomic E-state index is 13.0. The van der Waals surface area contributed by atoms with Crippen LogP contribution >= 0.6 is 46.6 Å². The lowest BCUT2D eigenvalue weighted by molar-refractivity contribution is -0.150. The zero-order chi connectivity index (χ0) is 25.8. The maximum Gasteiger partial charge on any atom is 0.353 e. The largest absolute Gasteiger partial charge is 0.477 e. The third kappa shape index (κ3) is 5.36. The molecule has 1 unspecified atom stereocenters. The number of thioether (sulfide) groups is 3. The lowest BCUT2D eigenvalue weighted by Crippen LogP contribution is -2.70. The number of nitrogens with one attached hydrogen (secondary N) is 1. The molecule has 0 bridgehead atoms. The average molecular weight is 568 g/mol. The Morgan fingerprint density at radius 3 is 2.89 bits per heavy atom. The van der Waals surface area contributed by atoms with Gasteiger partial charge in [0.15, 0.2) is 0 Å². The Morgan fingerprint density at radius 2 is 2.19 bits per heavy atom. The topological polar surface area (TPSA) is 194 Å². The second-order valence-corrected chi connectivity index (χ2v) is 11.9. The van der Waals surface area contributed by atoms with E-state index in [0.717, 1.165) is 15.7 Å². The molecular formula is C20H21N7O5S4. The molecular weight excluding hydrogens is 547 g/mol. The van der Waals surface area contributed by atoms with Crippen LogP contribution in [0.15, 0.2) is 43.7 Å². The highest BCUT2D eigenvalue weighted by atomic mass is 32.2. The van der Waals surface area contributed by atoms with E-state index in [9.17, 15) is 24.4 Å². The zero-order valence-electron chi connectivity index (χ0n) is 18.5. The van der Waals surface area contributed by atoms with Gasteiger partial charge in [-0.1, -0.05) is 17.8 Å². The summed E-state index contributed by atoms with van der Waals surface area (Å²) in [7, 11) is 0. The van der Waals surface area contributed by atoms with Crippen LogP contribution in [-0.4, -0.2) is 67.2 Å². The van der Waals surface area contributed by atoms with Crippen LogP contribution in [0.1, 0.15) is 17.4 Å². The van der Waals surface area contributed by atoms with E-state index in [-0.39, 0.29) is 17.2 Å². The van der Waals surface area contributed by atoms with Crippen molar-refractivity contribution in [1.29, 1.82) is 0 Å². The summed E-state index contributed by atoms with van der Waals surface area (Å²) in [5.74, 6) is -0.750. The third-order valence-corrected chi connectivity index (χ3v) is 9.85. The number of nitrogen functional groups attached to an aromatic ring is 1. The number of hydrogen-bond donors (Lipinski definition) is 4. The van der Waals surface area contributed by atoms with Crippen molar-refractivity contribution in [2.45, 2.75) is 27.4 Å². The summed E-state index contributed by atoms with van der Waals surface area (Å²) in [5.41, 5.74) is 13.6. The molecule has 0 saturated carbocycles. The number of aromatic nitrogens is 2. The first kappa shape index (κ1) is 26.4. The first-order chi connectivity index (χ1) is 17.3. The van der Waals surface area contributed by atoms with Gasteiger partial charge in [-0.05, 0) is 17.3 Å². The molecule has 2 aromatic heterocycles. The monoisotopic (exact) mass is 567 g/mol. The molecule has 2 aliphatic heterocycles. The Kier molecular flexibility index (Phi) is 8.50. The number of fused-ring (bicyclic) bond motifs is 1. The van der Waals surface area contributed by atoms with E-state index in [0.29, 0.717) is 23.0 Å². The number of hydrogen-bond acceptors (Lipinski definition) is 13. The second kappa shape index (κ2) is 11.6. The summed E-state index contributed by atoms with van der Waals surface area (Å²) < 4.78 is 0.861. The summed E-state index contributed by atoms with van der Waals surface area (Å²) in [6.45, 7) is 0.554. The molecule has 12 nitrogen and oxygen atoms in total. The average Bonchev–Trinajstić information content (AvgIpc) is 3.29. The summed E-state index contributed by atoms with van der Waals surface area (Å²) in [5, 5.41) is 14.7. The first-order valence-electron chi connectivity index (χ1n) is 10.5. The number of carboxylic acids is 1. The van der Waals surface area contributed by atoms with Gasteiger partial charge < -0.3 is 21.9 Å². The summed E-state index contributed by atoms with van der Waals surface area (Å²) >= 11 is 5.66. The molecule has 16 heteroatoms. The van der Waals surface area contributed by atoms with Gasteiger partial charge in [-0.15, -0.1) is 28.0 Å². The standard InChI is InChI=1S/C20H21N7O5S4/c21-4-5-33-6-10-20(35-8-23-10)36-11-7-34-18-14(17(29)27(18)15(11)19(30)31)25-16(28)13(26-32)9-2-1-3-12(22)24-9/h1-3,8,13-14,18H,4-7,21H2,(H2,22,24)(H,25,28)(H,30,31)/t13?,14-,18+/m1/s1. The van der Waals surface area contributed by atoms with Gasteiger partial charge in [0.1, 0.15) is 22.9 Å². The number of nitrogens with zero attached hydrogens (tertiary/aromatic N) is 4. The fraction of sp³-hybridized carbons (Fsp3) is 0.350. The highest BCUT2D eigenvalue weighted by molar-refractivity contribution is 8.07. The molecule has 0 spiro atoms. The number of nitrogens with two attached hydrogens (primary N) is 2. The number of pyridine rings is 1. The molecule has 4 heterocycles. The number of aliphatic carboxylic acids is 1. The molecule has 6 N–H and O–H groups in total. The SMILES string of the molecule is NCCSCc1ncsc1SC1=C(C(=O)O)N2C(=O)[C@@H](NC(=O)C(N=O)c3cccc(N)n3)[C@@H]2SC1. The third-order valence-electron chi connectivity index (χ3n) is 5.18. The lowest BCUT2D eigenvalue weighted by atomic mass is 10.0. The quantitative estimate of drug-likeness (QED) is 0.174. The molecule has 0 aromatic carbocycles. The van der Waals surface area contributed by atoms with E-state index in [1.165, 1.54) is 58.0 Å². The Bertz CT molecular complexity index is 1220. The smallest absolute Gasteiger partial charge is 0.353 e. The van der Waals surface area contributed by atoms with Crippen molar-refractivity contribution in [2.75, 3.05) is 23.8 Å². The summed E-state index contributed by atoms with van der Waals surface area (Å²) in [6.07, 6.45) is 0. The van der Waals surface area contributed by atoms with E-state index >= 15 is 0 Å². The molecule has 4 rings (SSSR count). The van der Waals surface area contributed by atoms with E-state index in [1.807, 2.05) is 0 Å². The Morgan fingerprint density at radius 1 is 1.39 bits per heavy atom. The molecule has 2 amide bonds. The predicted molar refractivity (Wildman–Crippen MR) is 140 cm³/mol. The molecule has 1 fully saturated rings. The zero-order valence-corrected chi connectivity index (χ0v) is 21.8. The van der Waals surface area contributed by atoms with E-state index in [4.69, 9.17) is 11.5 Å². The Balaban J connectivity index is 1.49. The van der Waals surface area contributed by atoms with Gasteiger partial charge in [-0.25, -0.2) is 14.8 Å². The molecule has 2 aliphatic rings. The number of thiazole rings is 1. The highest BCUT2D eigenvalue weighted by Crippen LogP contribution is 2.46. The number of amides is 2. The Hall–Kier alpha value is -2.66. The summed E-state index contributed by atoms with van der Waals surface area (Å²) in [6, 6.07) is 1.97. The molecule has 190 valence electrons. The van der Waals surface area contributed by atoms with Crippen LogP contribution in [0.2, 0.25) is 0 Å². The highest BCUT2D eigenvalue weighted by Gasteiger charge is 2.54. The van der Waals surface area contributed by atoms with Gasteiger partial charge in [0.25, 0.3) is 11.8 Å². The Labute approximate surface area is 222 Å². The van der Waals surface area contributed by atoms with Gasteiger partial charge in [-0.3, -0.25) is 14.5 Å². The maximum absolute atomic E-state index is 13.0. The number of nitroso groups, excluding NO2 is 1. The fourth-order valence-electron chi connectivity index (χ4n) is 3.56. The van der Waals surface area contributed by atoms with Crippen LogP contribution in [0.4, 0.5) is 5.82 Å². The number of anilines is 1. The number of carbonyl (C=O) groups is 3. The van der Waals surface area contributed by atoms with Crippen LogP contribution in [0.3, 0.4) is 0 Å². The van der Waals surface area contributed by atoms with Gasteiger partial charge in [0, 0.05) is 28.7 Å². The molecule has 3 atom stereocenters. The van der Waals surface area contributed by atoms with Crippen LogP contribution in [0.5, 0.6) is 0 Å². The van der Waals surface area contributed by atoms with Gasteiger partial charge in [0.05, 0.1) is 21.1 Å². The van der Waals surface area contributed by atoms with Crippen LogP contribution in [0.25, 0.3) is 0 Å². The van der Waals surface area contributed by atoms with Gasteiger partial charge >= 0.3 is 5.97 Å². The van der Waals surface area contributed by atoms with E-state index in [2.05, 4.69) is 20.5 Å². The van der Waals surface area contributed by atoms with Crippen molar-refractivity contribution in [2.24, 2.45) is 10.9 Å². The van der Waals surface area contributed by atoms with Crippen molar-refractivity contribution in [3.8, 4) is 0 Å². The lowest BCUT2D eigenvalue weighted by Gasteiger charge is -2.49. The van der Waals surface area contributed by atoms with E-state index in [1.54, 1.807) is 17.3 Å². The molecule has 0 radical (unpaired) electrons. The normalized spacial score (nSPS) is 19.9. The minimum Gasteiger partial charge on any atom is -0.477 e. The van der Waals surface area contributed by atoms with Crippen molar-refractivity contribution < 1.29 is 19.5 Å². The van der Waals surface area contributed by atoms with Crippen molar-refractivity contribution in [1.82, 2.24) is 20.2 Å². The van der Waals surface area contributed by atoms with Crippen LogP contribution in [-0.2, 0) is 20.1 Å². The number of carboxylic acid groups (broad SMARTS) is 1. The number of β-lactam (4-membered cyclic amide) rings is 1. The molecule has 36 heavy (non-hydrogen) atoms. The molecule has 2 aromatic rings. The first-order valence-corrected chi connectivity index (χ1v) is 14.4. The minimum absolute atomic E-state index is 0.0530. The molecule has 0 aliphatic carbocycles. The van der Waals surface area contributed by atoms with Crippen LogP contribution < -0.4 is 16.8 Å². The molecule has 1 saturated heterocycles. The van der Waals surface area contributed by atoms with Crippen molar-refractivity contribution in [3.63, 3.8) is 0 Å². The minimum atomic E-state index is -1.49. The fourth-order valence-corrected chi connectivity index (χ4v) is 8.01. The number of rotatable bonds is 11. The van der Waals surface area contributed by atoms with Gasteiger partial charge in [0.2, 0.25) is 6.04 Å². The van der Waals surface area contributed by atoms with Gasteiger partial charge in [-0.2, -0.15) is 11.8 Å². The summed E-state index contributed by atoms with van der Waals surface area (Å²) in [4.78, 5) is 59.2. The van der Waals surface area contributed by atoms with Crippen molar-refractivity contribution in [3.05, 3.63) is 50.6 Å².